The van der Waals surface area contributed by atoms with Gasteiger partial charge in [0.25, 0.3) is 0 Å². The van der Waals surface area contributed by atoms with Crippen molar-refractivity contribution in [2.75, 3.05) is 5.32 Å². The first-order chi connectivity index (χ1) is 9.97. The van der Waals surface area contributed by atoms with Crippen molar-refractivity contribution < 1.29 is 24.2 Å². The number of aromatic hydroxyl groups is 1. The second-order valence-electron chi connectivity index (χ2n) is 4.36. The van der Waals surface area contributed by atoms with Crippen LogP contribution in [0.4, 0.5) is 10.1 Å². The number of phenolic OH excluding ortho intramolecular Hbond substituents is 1. The highest BCUT2D eigenvalue weighted by Gasteiger charge is 2.17. The summed E-state index contributed by atoms with van der Waals surface area (Å²) in [6.45, 7) is 0. The predicted molar refractivity (Wildman–Crippen MR) is 73.8 cm³/mol. The Morgan fingerprint density at radius 2 is 1.86 bits per heavy atom. The Bertz CT molecular complexity index is 700. The maximum Gasteiger partial charge on any atom is 0.340 e. The standard InChI is InChI=1S/C15H12FNO4/c16-11-5-2-6-12(14(11)15(20)21)17-13(19)8-9-3-1-4-10(18)7-9/h1-7,18H,8H2,(H,17,19)(H,20,21). The van der Waals surface area contributed by atoms with Gasteiger partial charge in [0.05, 0.1) is 12.1 Å². The van der Waals surface area contributed by atoms with Gasteiger partial charge in [-0.3, -0.25) is 4.79 Å². The quantitative estimate of drug-likeness (QED) is 0.806. The SMILES string of the molecule is O=C(Cc1cccc(O)c1)Nc1cccc(F)c1C(=O)O. The summed E-state index contributed by atoms with van der Waals surface area (Å²) in [7, 11) is 0. The summed E-state index contributed by atoms with van der Waals surface area (Å²) < 4.78 is 13.5. The monoisotopic (exact) mass is 289 g/mol. The van der Waals surface area contributed by atoms with Gasteiger partial charge >= 0.3 is 5.97 Å². The lowest BCUT2D eigenvalue weighted by Gasteiger charge is -2.09. The van der Waals surface area contributed by atoms with Crippen LogP contribution in [0.15, 0.2) is 42.5 Å². The number of halogens is 1. The van der Waals surface area contributed by atoms with Gasteiger partial charge in [-0.2, -0.15) is 0 Å². The highest BCUT2D eigenvalue weighted by Crippen LogP contribution is 2.19. The van der Waals surface area contributed by atoms with E-state index in [2.05, 4.69) is 5.32 Å². The molecule has 0 unspecified atom stereocenters. The van der Waals surface area contributed by atoms with Crippen LogP contribution in [0.5, 0.6) is 5.75 Å². The molecule has 0 bridgehead atoms. The summed E-state index contributed by atoms with van der Waals surface area (Å²) >= 11 is 0. The third kappa shape index (κ3) is 3.56. The van der Waals surface area contributed by atoms with Gasteiger partial charge in [-0.1, -0.05) is 18.2 Å². The van der Waals surface area contributed by atoms with E-state index in [0.29, 0.717) is 5.56 Å². The van der Waals surface area contributed by atoms with Gasteiger partial charge < -0.3 is 15.5 Å². The van der Waals surface area contributed by atoms with E-state index in [1.165, 1.54) is 24.3 Å². The van der Waals surface area contributed by atoms with Crippen molar-refractivity contribution >= 4 is 17.6 Å². The van der Waals surface area contributed by atoms with E-state index >= 15 is 0 Å². The summed E-state index contributed by atoms with van der Waals surface area (Å²) in [6, 6.07) is 9.75. The number of aromatic carboxylic acids is 1. The normalized spacial score (nSPS) is 10.1. The van der Waals surface area contributed by atoms with E-state index in [9.17, 15) is 19.1 Å². The number of carbonyl (C=O) groups excluding carboxylic acids is 1. The lowest BCUT2D eigenvalue weighted by atomic mass is 10.1. The number of carbonyl (C=O) groups is 2. The van der Waals surface area contributed by atoms with Crippen molar-refractivity contribution in [2.24, 2.45) is 0 Å². The maximum atomic E-state index is 13.5. The zero-order valence-electron chi connectivity index (χ0n) is 10.8. The molecule has 6 heteroatoms. The fraction of sp³-hybridized carbons (Fsp3) is 0.0667. The first-order valence-corrected chi connectivity index (χ1v) is 6.07. The Hall–Kier alpha value is -2.89. The summed E-state index contributed by atoms with van der Waals surface area (Å²) in [5.74, 6) is -2.86. The minimum absolute atomic E-state index is 0.0253. The number of phenols is 1. The summed E-state index contributed by atoms with van der Waals surface area (Å²) in [5, 5.41) is 20.6. The van der Waals surface area contributed by atoms with Crippen molar-refractivity contribution in [1.29, 1.82) is 0 Å². The van der Waals surface area contributed by atoms with Crippen molar-refractivity contribution in [2.45, 2.75) is 6.42 Å². The highest BCUT2D eigenvalue weighted by molar-refractivity contribution is 6.01. The molecule has 0 aliphatic carbocycles. The smallest absolute Gasteiger partial charge is 0.340 e. The molecule has 0 spiro atoms. The number of benzene rings is 2. The summed E-state index contributed by atoms with van der Waals surface area (Å²) in [4.78, 5) is 22.9. The van der Waals surface area contributed by atoms with Crippen molar-refractivity contribution in [3.05, 3.63) is 59.4 Å². The van der Waals surface area contributed by atoms with E-state index in [1.54, 1.807) is 12.1 Å². The first kappa shape index (κ1) is 14.5. The fourth-order valence-electron chi connectivity index (χ4n) is 1.89. The number of anilines is 1. The Morgan fingerprint density at radius 1 is 1.14 bits per heavy atom. The second-order valence-corrected chi connectivity index (χ2v) is 4.36. The second kappa shape index (κ2) is 6.04. The van der Waals surface area contributed by atoms with Crippen LogP contribution in [0.3, 0.4) is 0 Å². The molecule has 2 rings (SSSR count). The first-order valence-electron chi connectivity index (χ1n) is 6.07. The Morgan fingerprint density at radius 3 is 2.52 bits per heavy atom. The Kier molecular flexibility index (Phi) is 4.18. The molecule has 3 N–H and O–H groups in total. The summed E-state index contributed by atoms with van der Waals surface area (Å²) in [5.41, 5.74) is -0.129. The molecule has 0 fully saturated rings. The van der Waals surface area contributed by atoms with Crippen molar-refractivity contribution in [3.63, 3.8) is 0 Å². The molecule has 0 heterocycles. The topological polar surface area (TPSA) is 86.6 Å². The van der Waals surface area contributed by atoms with Gasteiger partial charge in [-0.25, -0.2) is 9.18 Å². The number of carboxylic acids is 1. The number of rotatable bonds is 4. The van der Waals surface area contributed by atoms with E-state index in [-0.39, 0.29) is 17.9 Å². The average molecular weight is 289 g/mol. The number of hydrogen-bond donors (Lipinski definition) is 3. The molecule has 0 radical (unpaired) electrons. The van der Waals surface area contributed by atoms with Crippen LogP contribution in [-0.2, 0) is 11.2 Å². The lowest BCUT2D eigenvalue weighted by Crippen LogP contribution is -2.17. The van der Waals surface area contributed by atoms with Crippen LogP contribution >= 0.6 is 0 Å². The average Bonchev–Trinajstić information content (AvgIpc) is 2.37. The molecule has 21 heavy (non-hydrogen) atoms. The van der Waals surface area contributed by atoms with E-state index in [4.69, 9.17) is 5.11 Å². The highest BCUT2D eigenvalue weighted by atomic mass is 19.1. The number of hydrogen-bond acceptors (Lipinski definition) is 3. The van der Waals surface area contributed by atoms with Gasteiger partial charge in [0, 0.05) is 0 Å². The molecule has 0 aliphatic heterocycles. The molecule has 0 aliphatic rings. The zero-order chi connectivity index (χ0) is 15.4. The van der Waals surface area contributed by atoms with Crippen LogP contribution in [0, 0.1) is 5.82 Å². The van der Waals surface area contributed by atoms with Gasteiger partial charge in [-0.05, 0) is 29.8 Å². The van der Waals surface area contributed by atoms with E-state index in [0.717, 1.165) is 6.07 Å². The molecule has 2 aromatic carbocycles. The van der Waals surface area contributed by atoms with Crippen molar-refractivity contribution in [1.82, 2.24) is 0 Å². The minimum Gasteiger partial charge on any atom is -0.508 e. The number of carboxylic acid groups (broad SMARTS) is 1. The van der Waals surface area contributed by atoms with Crippen molar-refractivity contribution in [3.8, 4) is 5.75 Å². The van der Waals surface area contributed by atoms with Crippen LogP contribution < -0.4 is 5.32 Å². The van der Waals surface area contributed by atoms with Gasteiger partial charge in [0.1, 0.15) is 17.1 Å². The predicted octanol–water partition coefficient (Wildman–Crippen LogP) is 2.41. The third-order valence-electron chi connectivity index (χ3n) is 2.78. The molecule has 0 saturated carbocycles. The van der Waals surface area contributed by atoms with E-state index < -0.39 is 23.3 Å². The lowest BCUT2D eigenvalue weighted by molar-refractivity contribution is -0.115. The fourth-order valence-corrected chi connectivity index (χ4v) is 1.89. The third-order valence-corrected chi connectivity index (χ3v) is 2.78. The van der Waals surface area contributed by atoms with Crippen LogP contribution in [0.25, 0.3) is 0 Å². The molecule has 2 aromatic rings. The largest absolute Gasteiger partial charge is 0.508 e. The Balaban J connectivity index is 2.17. The molecule has 0 saturated heterocycles. The molecule has 5 nitrogen and oxygen atoms in total. The summed E-state index contributed by atoms with van der Waals surface area (Å²) in [6.07, 6.45) is -0.0655. The molecular weight excluding hydrogens is 277 g/mol. The number of nitrogens with one attached hydrogen (secondary N) is 1. The van der Waals surface area contributed by atoms with E-state index in [1.807, 2.05) is 0 Å². The van der Waals surface area contributed by atoms with Gasteiger partial charge in [-0.15, -0.1) is 0 Å². The van der Waals surface area contributed by atoms with Gasteiger partial charge in [0.2, 0.25) is 5.91 Å². The number of amides is 1. The van der Waals surface area contributed by atoms with Gasteiger partial charge in [0.15, 0.2) is 0 Å². The molecule has 0 aromatic heterocycles. The molecule has 1 amide bonds. The van der Waals surface area contributed by atoms with Crippen LogP contribution in [0.2, 0.25) is 0 Å². The molecular formula is C15H12FNO4. The maximum absolute atomic E-state index is 13.5. The molecule has 0 atom stereocenters. The Labute approximate surface area is 119 Å². The molecule has 108 valence electrons. The minimum atomic E-state index is -1.46. The zero-order valence-corrected chi connectivity index (χ0v) is 10.8. The van der Waals surface area contributed by atoms with Crippen LogP contribution in [-0.4, -0.2) is 22.1 Å². The van der Waals surface area contributed by atoms with Crippen LogP contribution in [0.1, 0.15) is 15.9 Å².